The molecule has 6 aromatic carbocycles. The number of hydrogen-bond acceptors (Lipinski definition) is 4. The first kappa shape index (κ1) is 25.9. The zero-order valence-electron chi connectivity index (χ0n) is 24.4. The Bertz CT molecular complexity index is 2310. The van der Waals surface area contributed by atoms with Gasteiger partial charge in [-0.1, -0.05) is 105 Å². The molecule has 0 bridgehead atoms. The van der Waals surface area contributed by atoms with Crippen LogP contribution in [0.2, 0.25) is 0 Å². The average molecular weight is 566 g/mol. The second kappa shape index (κ2) is 9.90. The van der Waals surface area contributed by atoms with Crippen LogP contribution in [0.1, 0.15) is 30.5 Å². The highest BCUT2D eigenvalue weighted by Crippen LogP contribution is 2.51. The fourth-order valence-corrected chi connectivity index (χ4v) is 6.54. The van der Waals surface area contributed by atoms with Crippen LogP contribution >= 0.6 is 0 Å². The van der Waals surface area contributed by atoms with Crippen LogP contribution in [0.5, 0.6) is 11.5 Å². The lowest BCUT2D eigenvalue weighted by molar-refractivity contribution is 0.418. The molecular formula is C40H27N3O. The predicted molar refractivity (Wildman–Crippen MR) is 177 cm³/mol. The molecule has 208 valence electrons. The Labute approximate surface area is 255 Å². The smallest absolute Gasteiger partial charge is 0.160 e. The monoisotopic (exact) mass is 565 g/mol. The van der Waals surface area contributed by atoms with Crippen LogP contribution in [0, 0.1) is 11.3 Å². The summed E-state index contributed by atoms with van der Waals surface area (Å²) in [6.07, 6.45) is 0. The Morgan fingerprint density at radius 2 is 1.43 bits per heavy atom. The molecule has 0 radical (unpaired) electrons. The minimum absolute atomic E-state index is 0.339. The Hall–Kier alpha value is -5.79. The van der Waals surface area contributed by atoms with Crippen LogP contribution in [0.15, 0.2) is 127 Å². The standard InChI is InChI=1S/C40H27N3O/c1-40(2)33-20-17-25(24-41)21-36(33)44-35-16-8-14-31(37(35)40)28-11-7-12-29(23-28)38-32-13-5-6-15-34(32)42-39(43-38)30-19-18-26-9-3-4-10-27(26)22-30/h3-23H,1-2H3. The van der Waals surface area contributed by atoms with Gasteiger partial charge in [0, 0.05) is 33.1 Å². The van der Waals surface area contributed by atoms with E-state index in [2.05, 4.69) is 105 Å². The predicted octanol–water partition coefficient (Wildman–Crippen LogP) is 10.1. The number of benzene rings is 6. The topological polar surface area (TPSA) is 58.8 Å². The van der Waals surface area contributed by atoms with Gasteiger partial charge in [-0.2, -0.15) is 5.26 Å². The second-order valence-electron chi connectivity index (χ2n) is 11.8. The van der Waals surface area contributed by atoms with Crippen molar-refractivity contribution in [1.82, 2.24) is 9.97 Å². The SMILES string of the molecule is CC1(C)c2ccc(C#N)cc2Oc2cccc(-c3cccc(-c4nc(-c5ccc6ccccc6c5)nc5ccccc45)c3)c21. The molecule has 8 rings (SSSR count). The maximum Gasteiger partial charge on any atom is 0.160 e. The molecule has 7 aromatic rings. The first-order valence-electron chi connectivity index (χ1n) is 14.7. The van der Waals surface area contributed by atoms with E-state index in [1.807, 2.05) is 42.5 Å². The van der Waals surface area contributed by atoms with Gasteiger partial charge >= 0.3 is 0 Å². The van der Waals surface area contributed by atoms with Gasteiger partial charge in [-0.15, -0.1) is 0 Å². The molecule has 44 heavy (non-hydrogen) atoms. The van der Waals surface area contributed by atoms with Crippen LogP contribution in [0.3, 0.4) is 0 Å². The van der Waals surface area contributed by atoms with Crippen LogP contribution in [0.25, 0.3) is 55.4 Å². The lowest BCUT2D eigenvalue weighted by Crippen LogP contribution is -2.25. The van der Waals surface area contributed by atoms with Crippen molar-refractivity contribution >= 4 is 21.7 Å². The van der Waals surface area contributed by atoms with Crippen molar-refractivity contribution in [3.05, 3.63) is 144 Å². The fraction of sp³-hybridized carbons (Fsp3) is 0.0750. The Morgan fingerprint density at radius 3 is 2.32 bits per heavy atom. The highest BCUT2D eigenvalue weighted by molar-refractivity contribution is 5.95. The lowest BCUT2D eigenvalue weighted by atomic mass is 9.72. The van der Waals surface area contributed by atoms with E-state index >= 15 is 0 Å². The first-order valence-corrected chi connectivity index (χ1v) is 14.7. The van der Waals surface area contributed by atoms with Gasteiger partial charge in [0.25, 0.3) is 0 Å². The summed E-state index contributed by atoms with van der Waals surface area (Å²) < 4.78 is 6.41. The quantitative estimate of drug-likeness (QED) is 0.214. The number of para-hydroxylation sites is 1. The van der Waals surface area contributed by atoms with E-state index in [0.717, 1.165) is 66.9 Å². The van der Waals surface area contributed by atoms with Gasteiger partial charge in [-0.05, 0) is 58.3 Å². The van der Waals surface area contributed by atoms with Crippen molar-refractivity contribution in [2.75, 3.05) is 0 Å². The molecule has 0 N–H and O–H groups in total. The molecule has 1 aromatic heterocycles. The van der Waals surface area contributed by atoms with Gasteiger partial charge in [-0.3, -0.25) is 0 Å². The minimum atomic E-state index is -0.339. The molecule has 1 aliphatic heterocycles. The summed E-state index contributed by atoms with van der Waals surface area (Å²) in [5.74, 6) is 2.25. The van der Waals surface area contributed by atoms with Crippen molar-refractivity contribution in [3.63, 3.8) is 0 Å². The molecule has 0 saturated carbocycles. The van der Waals surface area contributed by atoms with E-state index in [4.69, 9.17) is 14.7 Å². The summed E-state index contributed by atoms with van der Waals surface area (Å²) in [5.41, 5.74) is 8.45. The molecule has 0 amide bonds. The summed E-state index contributed by atoms with van der Waals surface area (Å²) >= 11 is 0. The third kappa shape index (κ3) is 4.13. The number of hydrogen-bond donors (Lipinski definition) is 0. The van der Waals surface area contributed by atoms with Gasteiger partial charge < -0.3 is 4.74 Å². The Kier molecular flexibility index (Phi) is 5.82. The number of nitrogens with zero attached hydrogens (tertiary/aromatic N) is 3. The minimum Gasteiger partial charge on any atom is -0.457 e. The fourth-order valence-electron chi connectivity index (χ4n) is 6.54. The van der Waals surface area contributed by atoms with Crippen molar-refractivity contribution in [1.29, 1.82) is 5.26 Å². The molecule has 4 heteroatoms. The number of rotatable bonds is 3. The number of nitriles is 1. The van der Waals surface area contributed by atoms with E-state index < -0.39 is 0 Å². The molecule has 0 atom stereocenters. The number of ether oxygens (including phenoxy) is 1. The van der Waals surface area contributed by atoms with Gasteiger partial charge in [-0.25, -0.2) is 9.97 Å². The molecule has 0 saturated heterocycles. The van der Waals surface area contributed by atoms with Crippen LogP contribution < -0.4 is 4.74 Å². The molecule has 0 fully saturated rings. The van der Waals surface area contributed by atoms with Gasteiger partial charge in [0.2, 0.25) is 0 Å². The van der Waals surface area contributed by atoms with E-state index in [0.29, 0.717) is 11.4 Å². The Morgan fingerprint density at radius 1 is 0.636 bits per heavy atom. The van der Waals surface area contributed by atoms with Crippen LogP contribution in [-0.4, -0.2) is 9.97 Å². The zero-order valence-corrected chi connectivity index (χ0v) is 24.4. The third-order valence-electron chi connectivity index (χ3n) is 8.71. The van der Waals surface area contributed by atoms with E-state index in [1.54, 1.807) is 0 Å². The maximum absolute atomic E-state index is 9.45. The van der Waals surface area contributed by atoms with Crippen molar-refractivity contribution < 1.29 is 4.74 Å². The molecule has 4 nitrogen and oxygen atoms in total. The summed E-state index contributed by atoms with van der Waals surface area (Å²) in [7, 11) is 0. The number of aromatic nitrogens is 2. The Balaban J connectivity index is 1.28. The number of fused-ring (bicyclic) bond motifs is 4. The van der Waals surface area contributed by atoms with Crippen molar-refractivity contribution in [2.24, 2.45) is 0 Å². The lowest BCUT2D eigenvalue weighted by Gasteiger charge is -2.36. The summed E-state index contributed by atoms with van der Waals surface area (Å²) in [4.78, 5) is 10.2. The highest BCUT2D eigenvalue weighted by atomic mass is 16.5. The van der Waals surface area contributed by atoms with Gasteiger partial charge in [0.15, 0.2) is 5.82 Å². The maximum atomic E-state index is 9.45. The molecule has 1 aliphatic rings. The van der Waals surface area contributed by atoms with Crippen molar-refractivity contribution in [2.45, 2.75) is 19.3 Å². The van der Waals surface area contributed by atoms with Gasteiger partial charge in [0.1, 0.15) is 11.5 Å². The van der Waals surface area contributed by atoms with E-state index in [9.17, 15) is 5.26 Å². The molecule has 0 aliphatic carbocycles. The van der Waals surface area contributed by atoms with E-state index in [-0.39, 0.29) is 5.41 Å². The van der Waals surface area contributed by atoms with E-state index in [1.165, 1.54) is 5.39 Å². The van der Waals surface area contributed by atoms with Gasteiger partial charge in [0.05, 0.1) is 22.8 Å². The molecule has 2 heterocycles. The average Bonchev–Trinajstić information content (AvgIpc) is 3.07. The summed E-state index contributed by atoms with van der Waals surface area (Å²) in [5, 5.41) is 12.8. The molecule has 0 unspecified atom stereocenters. The molecular weight excluding hydrogens is 538 g/mol. The zero-order chi connectivity index (χ0) is 29.8. The first-order chi connectivity index (χ1) is 21.5. The largest absolute Gasteiger partial charge is 0.457 e. The van der Waals surface area contributed by atoms with Crippen LogP contribution in [-0.2, 0) is 5.41 Å². The second-order valence-corrected chi connectivity index (χ2v) is 11.8. The van der Waals surface area contributed by atoms with Crippen molar-refractivity contribution in [3.8, 4) is 51.3 Å². The summed E-state index contributed by atoms with van der Waals surface area (Å²) in [6, 6.07) is 45.7. The highest BCUT2D eigenvalue weighted by Gasteiger charge is 2.36. The van der Waals surface area contributed by atoms with Crippen LogP contribution in [0.4, 0.5) is 0 Å². The normalized spacial score (nSPS) is 13.1. The summed E-state index contributed by atoms with van der Waals surface area (Å²) in [6.45, 7) is 4.45. The molecule has 0 spiro atoms. The third-order valence-corrected chi connectivity index (χ3v) is 8.71.